The Morgan fingerprint density at radius 3 is 2.32 bits per heavy atom. The second-order valence-corrected chi connectivity index (χ2v) is 9.48. The number of rotatable bonds is 4. The van der Waals surface area contributed by atoms with Crippen LogP contribution in [0.25, 0.3) is 11.1 Å². The lowest BCUT2D eigenvalue weighted by molar-refractivity contribution is 0.375. The van der Waals surface area contributed by atoms with E-state index in [1.54, 1.807) is 0 Å². The Kier molecular flexibility index (Phi) is 4.46. The van der Waals surface area contributed by atoms with Crippen LogP contribution in [0.4, 0.5) is 5.69 Å². The summed E-state index contributed by atoms with van der Waals surface area (Å²) in [5, 5.41) is 0. The van der Waals surface area contributed by atoms with Crippen molar-refractivity contribution in [3.63, 3.8) is 0 Å². The van der Waals surface area contributed by atoms with E-state index in [-0.39, 0.29) is 6.04 Å². The van der Waals surface area contributed by atoms with E-state index in [1.807, 2.05) is 77.5 Å². The summed E-state index contributed by atoms with van der Waals surface area (Å²) in [6, 6.07) is 28.3. The maximum Gasteiger partial charge on any atom is 0.422 e. The standard InChI is InChI=1S/C23H23N2O2P/c26-28(27-23-16-8-7-15-22(23)19-10-3-1-4-11-19)24-17-9-14-21(24)18-25(28)20-12-5-2-6-13-20/h1-8,10-13,15-16,21H,9,14,17-18H2. The lowest BCUT2D eigenvalue weighted by Crippen LogP contribution is -2.23. The van der Waals surface area contributed by atoms with Gasteiger partial charge in [-0.3, -0.25) is 4.67 Å². The van der Waals surface area contributed by atoms with Crippen LogP contribution in [0.3, 0.4) is 0 Å². The molecule has 5 rings (SSSR count). The van der Waals surface area contributed by atoms with Crippen LogP contribution < -0.4 is 9.19 Å². The Bertz CT molecular complexity index is 1010. The number of hydrogen-bond donors (Lipinski definition) is 0. The number of benzene rings is 3. The van der Waals surface area contributed by atoms with Gasteiger partial charge in [-0.25, -0.2) is 4.57 Å². The normalized spacial score (nSPS) is 24.3. The molecule has 2 aliphatic rings. The van der Waals surface area contributed by atoms with Crippen LogP contribution in [0.1, 0.15) is 12.8 Å². The second kappa shape index (κ2) is 7.12. The van der Waals surface area contributed by atoms with Crippen LogP contribution in [-0.4, -0.2) is 23.8 Å². The highest BCUT2D eigenvalue weighted by atomic mass is 31.2. The zero-order valence-electron chi connectivity index (χ0n) is 15.6. The first-order valence-electron chi connectivity index (χ1n) is 9.80. The van der Waals surface area contributed by atoms with Gasteiger partial charge in [0.25, 0.3) is 0 Å². The van der Waals surface area contributed by atoms with Crippen molar-refractivity contribution in [1.29, 1.82) is 0 Å². The number of para-hydroxylation sites is 2. The Morgan fingerprint density at radius 2 is 1.54 bits per heavy atom. The number of hydrogen-bond acceptors (Lipinski definition) is 2. The molecule has 3 aromatic carbocycles. The van der Waals surface area contributed by atoms with E-state index in [4.69, 9.17) is 4.52 Å². The molecule has 2 atom stereocenters. The zero-order chi connectivity index (χ0) is 19.0. The van der Waals surface area contributed by atoms with Gasteiger partial charge in [0.2, 0.25) is 0 Å². The molecular formula is C23H23N2O2P. The van der Waals surface area contributed by atoms with Gasteiger partial charge in [0.1, 0.15) is 5.75 Å². The summed E-state index contributed by atoms with van der Waals surface area (Å²) in [7, 11) is -3.21. The summed E-state index contributed by atoms with van der Waals surface area (Å²) in [5.74, 6) is 0.672. The number of nitrogens with zero attached hydrogens (tertiary/aromatic N) is 2. The van der Waals surface area contributed by atoms with Gasteiger partial charge in [-0.15, -0.1) is 0 Å². The third-order valence-corrected chi connectivity index (χ3v) is 8.22. The van der Waals surface area contributed by atoms with Crippen molar-refractivity contribution in [1.82, 2.24) is 4.67 Å². The Balaban J connectivity index is 1.57. The molecule has 2 fully saturated rings. The molecule has 2 unspecified atom stereocenters. The molecule has 28 heavy (non-hydrogen) atoms. The fourth-order valence-electron chi connectivity index (χ4n) is 4.26. The average molecular weight is 390 g/mol. The number of anilines is 1. The second-order valence-electron chi connectivity index (χ2n) is 7.32. The first kappa shape index (κ1) is 17.5. The van der Waals surface area contributed by atoms with Gasteiger partial charge in [0.05, 0.1) is 0 Å². The smallest absolute Gasteiger partial charge is 0.417 e. The lowest BCUT2D eigenvalue weighted by atomic mass is 10.1. The molecule has 0 aliphatic carbocycles. The lowest BCUT2D eigenvalue weighted by Gasteiger charge is -2.30. The summed E-state index contributed by atoms with van der Waals surface area (Å²) in [4.78, 5) is 0. The van der Waals surface area contributed by atoms with Gasteiger partial charge in [0.15, 0.2) is 0 Å². The summed E-state index contributed by atoms with van der Waals surface area (Å²) in [6.07, 6.45) is 2.14. The molecule has 2 aliphatic heterocycles. The third-order valence-electron chi connectivity index (χ3n) is 5.60. The van der Waals surface area contributed by atoms with Crippen LogP contribution in [0.15, 0.2) is 84.9 Å². The molecular weight excluding hydrogens is 367 g/mol. The highest BCUT2D eigenvalue weighted by Crippen LogP contribution is 2.63. The minimum Gasteiger partial charge on any atom is -0.417 e. The van der Waals surface area contributed by atoms with Crippen LogP contribution in [-0.2, 0) is 4.57 Å². The van der Waals surface area contributed by atoms with E-state index >= 15 is 0 Å². The Labute approximate surface area is 165 Å². The van der Waals surface area contributed by atoms with Crippen LogP contribution in [0.2, 0.25) is 0 Å². The van der Waals surface area contributed by atoms with Crippen molar-refractivity contribution in [2.24, 2.45) is 0 Å². The summed E-state index contributed by atoms with van der Waals surface area (Å²) in [5.41, 5.74) is 2.99. The molecule has 0 spiro atoms. The van der Waals surface area contributed by atoms with Crippen molar-refractivity contribution in [2.45, 2.75) is 18.9 Å². The highest BCUT2D eigenvalue weighted by molar-refractivity contribution is 7.59. The quantitative estimate of drug-likeness (QED) is 0.525. The van der Waals surface area contributed by atoms with Gasteiger partial charge in [-0.1, -0.05) is 66.7 Å². The van der Waals surface area contributed by atoms with Gasteiger partial charge < -0.3 is 4.52 Å². The highest BCUT2D eigenvalue weighted by Gasteiger charge is 2.53. The van der Waals surface area contributed by atoms with Gasteiger partial charge >= 0.3 is 7.67 Å². The van der Waals surface area contributed by atoms with E-state index in [0.29, 0.717) is 5.75 Å². The van der Waals surface area contributed by atoms with Crippen molar-refractivity contribution in [3.8, 4) is 16.9 Å². The molecule has 0 N–H and O–H groups in total. The van der Waals surface area contributed by atoms with Crippen molar-refractivity contribution < 1.29 is 9.09 Å². The Morgan fingerprint density at radius 1 is 0.857 bits per heavy atom. The first-order chi connectivity index (χ1) is 13.8. The average Bonchev–Trinajstić information content (AvgIpc) is 3.32. The topological polar surface area (TPSA) is 32.8 Å². The molecule has 2 saturated heterocycles. The van der Waals surface area contributed by atoms with Crippen LogP contribution in [0, 0.1) is 0 Å². The molecule has 0 amide bonds. The molecule has 5 heteroatoms. The molecule has 142 valence electrons. The summed E-state index contributed by atoms with van der Waals surface area (Å²) in [6.45, 7) is 1.56. The summed E-state index contributed by atoms with van der Waals surface area (Å²) >= 11 is 0. The first-order valence-corrected chi connectivity index (χ1v) is 11.3. The SMILES string of the molecule is O=P1(Oc2ccccc2-c2ccccc2)N(c2ccccc2)CC2CCCN21. The van der Waals surface area contributed by atoms with Gasteiger partial charge in [0, 0.05) is 30.4 Å². The maximum absolute atomic E-state index is 14.3. The fraction of sp³-hybridized carbons (Fsp3) is 0.217. The van der Waals surface area contributed by atoms with Crippen LogP contribution in [0.5, 0.6) is 5.75 Å². The third kappa shape index (κ3) is 2.94. The van der Waals surface area contributed by atoms with Gasteiger partial charge in [-0.05, 0) is 36.6 Å². The summed E-state index contributed by atoms with van der Waals surface area (Å²) < 4.78 is 24.9. The minimum absolute atomic E-state index is 0.287. The maximum atomic E-state index is 14.3. The fourth-order valence-corrected chi connectivity index (χ4v) is 6.98. The monoisotopic (exact) mass is 390 g/mol. The van der Waals surface area contributed by atoms with E-state index in [2.05, 4.69) is 16.8 Å². The minimum atomic E-state index is -3.21. The Hall–Kier alpha value is -2.55. The van der Waals surface area contributed by atoms with E-state index in [0.717, 1.165) is 42.7 Å². The van der Waals surface area contributed by atoms with E-state index < -0.39 is 7.67 Å². The predicted octanol–water partition coefficient (Wildman–Crippen LogP) is 5.83. The molecule has 0 saturated carbocycles. The van der Waals surface area contributed by atoms with Crippen molar-refractivity contribution in [2.75, 3.05) is 17.8 Å². The van der Waals surface area contributed by atoms with E-state index in [1.165, 1.54) is 0 Å². The largest absolute Gasteiger partial charge is 0.422 e. The van der Waals surface area contributed by atoms with E-state index in [9.17, 15) is 4.57 Å². The molecule has 4 nitrogen and oxygen atoms in total. The molecule has 0 aromatic heterocycles. The van der Waals surface area contributed by atoms with Crippen LogP contribution >= 0.6 is 7.67 Å². The van der Waals surface area contributed by atoms with Gasteiger partial charge in [-0.2, -0.15) is 4.67 Å². The molecule has 0 bridgehead atoms. The van der Waals surface area contributed by atoms with Crippen molar-refractivity contribution in [3.05, 3.63) is 84.9 Å². The number of fused-ring (bicyclic) bond motifs is 1. The molecule has 0 radical (unpaired) electrons. The molecule has 2 heterocycles. The van der Waals surface area contributed by atoms with Crippen molar-refractivity contribution >= 4 is 13.4 Å². The predicted molar refractivity (Wildman–Crippen MR) is 114 cm³/mol. The zero-order valence-corrected chi connectivity index (χ0v) is 16.5. The molecule has 3 aromatic rings.